The molecular formula is C67H73N3S8. The summed E-state index contributed by atoms with van der Waals surface area (Å²) >= 11 is 21.9. The van der Waals surface area contributed by atoms with Gasteiger partial charge in [0.1, 0.15) is 13.0 Å². The van der Waals surface area contributed by atoms with Gasteiger partial charge in [-0.05, 0) is 98.8 Å². The van der Waals surface area contributed by atoms with E-state index in [2.05, 4.69) is 275 Å². The Morgan fingerprint density at radius 2 is 0.551 bits per heavy atom. The van der Waals surface area contributed by atoms with E-state index in [4.69, 9.17) is 36.7 Å². The molecule has 0 spiro atoms. The number of benzene rings is 8. The van der Waals surface area contributed by atoms with Gasteiger partial charge >= 0.3 is 0 Å². The average Bonchev–Trinajstić information content (AvgIpc) is 3.45. The van der Waals surface area contributed by atoms with Crippen LogP contribution in [0.2, 0.25) is 0 Å². The highest BCUT2D eigenvalue weighted by atomic mass is 33.1. The summed E-state index contributed by atoms with van der Waals surface area (Å²) in [5.74, 6) is 1.77. The molecule has 8 aromatic rings. The van der Waals surface area contributed by atoms with Crippen molar-refractivity contribution < 1.29 is 0 Å². The number of nitrogens with zero attached hydrogens (tertiary/aromatic N) is 3. The molecule has 8 rings (SSSR count). The molecule has 78 heavy (non-hydrogen) atoms. The average molecular weight is 1180 g/mol. The van der Waals surface area contributed by atoms with Gasteiger partial charge in [-0.15, -0.1) is 0 Å². The molecule has 0 aliphatic heterocycles. The Morgan fingerprint density at radius 3 is 0.782 bits per heavy atom. The fraction of sp³-hybridized carbons (Fsp3) is 0.239. The van der Waals surface area contributed by atoms with Gasteiger partial charge in [0.25, 0.3) is 0 Å². The van der Waals surface area contributed by atoms with Crippen molar-refractivity contribution in [3.63, 3.8) is 0 Å². The first kappa shape index (κ1) is 62.4. The maximum absolute atomic E-state index is 5.93. The zero-order valence-electron chi connectivity index (χ0n) is 45.7. The SMILES string of the molecule is CC(C)(C)c1ccc(CS)cc1.CC(C)(C)c1ccc(CSSC(=S)N(Cc2ccccc2)Cc2ccccc2)cc1.S=C(SSC(=S)N(Cc1ccccc1)Cc1ccccc1)N(Cc1ccccc1)Cc1ccccc1. The highest BCUT2D eigenvalue weighted by Gasteiger charge is 2.19. The van der Waals surface area contributed by atoms with Crippen molar-refractivity contribution in [1.29, 1.82) is 0 Å². The lowest BCUT2D eigenvalue weighted by Crippen LogP contribution is -2.28. The van der Waals surface area contributed by atoms with Gasteiger partial charge in [-0.1, -0.05) is 320 Å². The fourth-order valence-electron chi connectivity index (χ4n) is 7.97. The number of thiol groups is 1. The summed E-state index contributed by atoms with van der Waals surface area (Å²) in [5.41, 5.74) is 13.3. The van der Waals surface area contributed by atoms with E-state index in [0.29, 0.717) is 0 Å². The van der Waals surface area contributed by atoms with Crippen LogP contribution >= 0.6 is 92.5 Å². The second kappa shape index (κ2) is 33.1. The summed E-state index contributed by atoms with van der Waals surface area (Å²) in [7, 11) is 6.66. The van der Waals surface area contributed by atoms with Gasteiger partial charge < -0.3 is 14.7 Å². The predicted molar refractivity (Wildman–Crippen MR) is 361 cm³/mol. The van der Waals surface area contributed by atoms with E-state index in [1.54, 1.807) is 32.4 Å². The van der Waals surface area contributed by atoms with E-state index >= 15 is 0 Å². The van der Waals surface area contributed by atoms with Crippen molar-refractivity contribution in [2.45, 2.75) is 103 Å². The highest BCUT2D eigenvalue weighted by Crippen LogP contribution is 2.33. The van der Waals surface area contributed by atoms with E-state index in [-0.39, 0.29) is 10.8 Å². The molecule has 3 nitrogen and oxygen atoms in total. The molecule has 8 aromatic carbocycles. The topological polar surface area (TPSA) is 9.72 Å². The monoisotopic (exact) mass is 1180 g/mol. The summed E-state index contributed by atoms with van der Waals surface area (Å²) in [5, 5.41) is 0. The van der Waals surface area contributed by atoms with Crippen LogP contribution in [-0.2, 0) is 61.6 Å². The van der Waals surface area contributed by atoms with Crippen molar-refractivity contribution in [2.75, 3.05) is 0 Å². The van der Waals surface area contributed by atoms with Crippen LogP contribution < -0.4 is 0 Å². The lowest BCUT2D eigenvalue weighted by molar-refractivity contribution is 0.421. The zero-order valence-corrected chi connectivity index (χ0v) is 52.4. The van der Waals surface area contributed by atoms with Crippen molar-refractivity contribution >= 4 is 105 Å². The first-order chi connectivity index (χ1) is 37.6. The van der Waals surface area contributed by atoms with Crippen LogP contribution in [0, 0.1) is 0 Å². The third kappa shape index (κ3) is 22.7. The maximum atomic E-state index is 5.93. The molecular weight excluding hydrogens is 1100 g/mol. The molecule has 0 fully saturated rings. The van der Waals surface area contributed by atoms with E-state index in [1.165, 1.54) is 55.6 Å². The maximum Gasteiger partial charge on any atom is 0.148 e. The normalized spacial score (nSPS) is 11.0. The summed E-state index contributed by atoms with van der Waals surface area (Å²) in [6, 6.07) is 80.6. The standard InChI is InChI=1S/C30H28N2S4.C26H29NS3.C11H16S/c33-29(31(21-25-13-5-1-6-14-25)22-26-15-7-2-8-16-26)35-36-30(34)32(23-27-17-9-3-10-18-27)24-28-19-11-4-12-20-28;1-26(2,3)24-16-14-23(15-17-24)20-29-30-25(28)27(18-21-10-6-4-7-11-21)19-22-12-8-5-9-13-22;1-11(2,3)10-6-4-9(8-12)5-7-10/h1-20H,21-24H2;4-17H,18-20H2,1-3H3;4-7,12H,8H2,1-3H3. The molecule has 0 amide bonds. The Kier molecular flexibility index (Phi) is 26.4. The molecule has 0 atom stereocenters. The molecule has 0 aliphatic carbocycles. The molecule has 0 N–H and O–H groups in total. The van der Waals surface area contributed by atoms with Gasteiger partial charge in [0.2, 0.25) is 0 Å². The Morgan fingerprint density at radius 1 is 0.321 bits per heavy atom. The Labute approximate surface area is 505 Å². The lowest BCUT2D eigenvalue weighted by Gasteiger charge is -2.27. The number of thiocarbonyl (C=S) groups is 3. The predicted octanol–water partition coefficient (Wildman–Crippen LogP) is 19.6. The molecule has 404 valence electrons. The number of rotatable bonds is 16. The van der Waals surface area contributed by atoms with Crippen LogP contribution in [0.5, 0.6) is 0 Å². The Bertz CT molecular complexity index is 2750. The molecule has 0 saturated heterocycles. The van der Waals surface area contributed by atoms with Gasteiger partial charge in [-0.2, -0.15) is 12.6 Å². The molecule has 11 heteroatoms. The van der Waals surface area contributed by atoms with Gasteiger partial charge in [-0.25, -0.2) is 0 Å². The van der Waals surface area contributed by atoms with E-state index in [0.717, 1.165) is 63.7 Å². The zero-order chi connectivity index (χ0) is 55.6. The van der Waals surface area contributed by atoms with Gasteiger partial charge in [-0.3, -0.25) is 0 Å². The van der Waals surface area contributed by atoms with Crippen LogP contribution in [-0.4, -0.2) is 27.7 Å². The highest BCUT2D eigenvalue weighted by molar-refractivity contribution is 8.89. The van der Waals surface area contributed by atoms with Crippen LogP contribution in [0.3, 0.4) is 0 Å². The molecule has 0 radical (unpaired) electrons. The second-order valence-corrected chi connectivity index (χ2v) is 27.5. The minimum Gasteiger partial charge on any atom is -0.348 e. The Hall–Kier alpha value is -4.82. The van der Waals surface area contributed by atoms with Gasteiger partial charge in [0.05, 0.1) is 0 Å². The molecule has 0 saturated carbocycles. The molecule has 0 heterocycles. The van der Waals surface area contributed by atoms with Crippen LogP contribution in [0.4, 0.5) is 0 Å². The van der Waals surface area contributed by atoms with Crippen molar-refractivity contribution in [3.05, 3.63) is 286 Å². The Balaban J connectivity index is 0.000000211. The summed E-state index contributed by atoms with van der Waals surface area (Å²) in [6.45, 7) is 18.1. The van der Waals surface area contributed by atoms with E-state index in [9.17, 15) is 0 Å². The quantitative estimate of drug-likeness (QED) is 0.0567. The minimum absolute atomic E-state index is 0.192. The first-order valence-electron chi connectivity index (χ1n) is 26.2. The first-order valence-corrected chi connectivity index (χ1v) is 32.5. The van der Waals surface area contributed by atoms with Gasteiger partial charge in [0, 0.05) is 50.8 Å². The van der Waals surface area contributed by atoms with E-state index in [1.807, 2.05) is 35.1 Å². The largest absolute Gasteiger partial charge is 0.348 e. The third-order valence-corrected chi connectivity index (χ3v) is 19.5. The van der Waals surface area contributed by atoms with Gasteiger partial charge in [0.15, 0.2) is 0 Å². The summed E-state index contributed by atoms with van der Waals surface area (Å²) in [6.07, 6.45) is 0. The van der Waals surface area contributed by atoms with Crippen molar-refractivity contribution in [3.8, 4) is 0 Å². The molecule has 0 unspecified atom stereocenters. The lowest BCUT2D eigenvalue weighted by atomic mass is 9.87. The summed E-state index contributed by atoms with van der Waals surface area (Å²) in [4.78, 5) is 6.79. The smallest absolute Gasteiger partial charge is 0.148 e. The van der Waals surface area contributed by atoms with Crippen molar-refractivity contribution in [2.24, 2.45) is 0 Å². The minimum atomic E-state index is 0.192. The number of hydrogen-bond acceptors (Lipinski definition) is 8. The molecule has 0 bridgehead atoms. The van der Waals surface area contributed by atoms with Crippen LogP contribution in [0.1, 0.15) is 97.2 Å². The molecule has 0 aromatic heterocycles. The molecule has 0 aliphatic rings. The van der Waals surface area contributed by atoms with Crippen LogP contribution in [0.15, 0.2) is 231 Å². The summed E-state index contributed by atoms with van der Waals surface area (Å²) < 4.78 is 2.59. The van der Waals surface area contributed by atoms with E-state index < -0.39 is 0 Å². The third-order valence-electron chi connectivity index (χ3n) is 12.4. The van der Waals surface area contributed by atoms with Crippen LogP contribution in [0.25, 0.3) is 0 Å². The fourth-order valence-corrected chi connectivity index (χ4v) is 13.2. The van der Waals surface area contributed by atoms with Crippen molar-refractivity contribution in [1.82, 2.24) is 14.7 Å². The number of hydrogen-bond donors (Lipinski definition) is 1. The second-order valence-electron chi connectivity index (χ2n) is 20.8.